The highest BCUT2D eigenvalue weighted by Gasteiger charge is 2.16. The molecule has 0 aliphatic heterocycles. The lowest BCUT2D eigenvalue weighted by Gasteiger charge is -2.02. The Labute approximate surface area is 92.4 Å². The van der Waals surface area contributed by atoms with Crippen LogP contribution in [0.1, 0.15) is 13.3 Å². The first-order valence-electron chi connectivity index (χ1n) is 4.09. The second-order valence-corrected chi connectivity index (χ2v) is 2.69. The molecule has 15 heavy (non-hydrogen) atoms. The van der Waals surface area contributed by atoms with E-state index in [9.17, 15) is 9.59 Å². The van der Waals surface area contributed by atoms with Crippen LogP contribution >= 0.6 is 11.6 Å². The topological polar surface area (TPSA) is 65.0 Å². The summed E-state index contributed by atoms with van der Waals surface area (Å²) in [5, 5.41) is 2.64. The van der Waals surface area contributed by atoms with Gasteiger partial charge in [0, 0.05) is 0 Å². The lowest BCUT2D eigenvalue weighted by molar-refractivity contribution is -0.135. The number of halogens is 1. The molecule has 0 atom stereocenters. The maximum Gasteiger partial charge on any atom is 0.356 e. The van der Waals surface area contributed by atoms with E-state index in [1.165, 1.54) is 0 Å². The fraction of sp³-hybridized carbons (Fsp3) is 0.444. The van der Waals surface area contributed by atoms with E-state index in [4.69, 9.17) is 18.0 Å². The summed E-state index contributed by atoms with van der Waals surface area (Å²) in [5.74, 6) is 1.40. The monoisotopic (exact) mass is 231 g/mol. The summed E-state index contributed by atoms with van der Waals surface area (Å²) in [6.07, 6.45) is 4.54. The molecule has 82 valence electrons. The van der Waals surface area contributed by atoms with Gasteiger partial charge in [0.05, 0.1) is 13.0 Å². The largest absolute Gasteiger partial charge is 0.461 e. The smallest absolute Gasteiger partial charge is 0.356 e. The maximum absolute atomic E-state index is 11.2. The number of terminal acetylenes is 1. The van der Waals surface area contributed by atoms with Crippen LogP contribution in [0.15, 0.2) is 5.16 Å². The first kappa shape index (κ1) is 13.5. The molecule has 6 heteroatoms. The zero-order valence-corrected chi connectivity index (χ0v) is 8.91. The van der Waals surface area contributed by atoms with Crippen LogP contribution in [-0.2, 0) is 19.2 Å². The SMILES string of the molecule is C#CCON=C(CC(=O)Cl)C(=O)OCC. The highest BCUT2D eigenvalue weighted by atomic mass is 35.5. The van der Waals surface area contributed by atoms with Gasteiger partial charge < -0.3 is 9.57 Å². The number of ether oxygens (including phenoxy) is 1. The zero-order chi connectivity index (χ0) is 11.7. The van der Waals surface area contributed by atoms with Gasteiger partial charge in [-0.1, -0.05) is 11.1 Å². The van der Waals surface area contributed by atoms with E-state index in [0.29, 0.717) is 0 Å². The van der Waals surface area contributed by atoms with Crippen molar-refractivity contribution >= 4 is 28.5 Å². The van der Waals surface area contributed by atoms with E-state index < -0.39 is 11.2 Å². The predicted molar refractivity (Wildman–Crippen MR) is 54.3 cm³/mol. The molecule has 0 amide bonds. The minimum absolute atomic E-state index is 0.0978. The quantitative estimate of drug-likeness (QED) is 0.169. The normalized spacial score (nSPS) is 10.3. The Morgan fingerprint density at radius 3 is 2.67 bits per heavy atom. The Hall–Kier alpha value is -1.54. The number of esters is 1. The van der Waals surface area contributed by atoms with Gasteiger partial charge in [0.15, 0.2) is 12.3 Å². The first-order valence-corrected chi connectivity index (χ1v) is 4.47. The first-order chi connectivity index (χ1) is 7.11. The molecule has 0 aromatic rings. The molecule has 0 heterocycles. The maximum atomic E-state index is 11.2. The lowest BCUT2D eigenvalue weighted by atomic mass is 10.3. The van der Waals surface area contributed by atoms with Gasteiger partial charge in [-0.15, -0.1) is 6.42 Å². The van der Waals surface area contributed by atoms with Gasteiger partial charge in [-0.05, 0) is 18.5 Å². The minimum Gasteiger partial charge on any atom is -0.461 e. The summed E-state index contributed by atoms with van der Waals surface area (Å²) >= 11 is 5.11. The Bertz CT molecular complexity index is 306. The van der Waals surface area contributed by atoms with Crippen LogP contribution < -0.4 is 0 Å². The van der Waals surface area contributed by atoms with E-state index in [1.54, 1.807) is 6.92 Å². The number of carbonyl (C=O) groups excluding carboxylic acids is 2. The van der Waals surface area contributed by atoms with Crippen LogP contribution in [0.3, 0.4) is 0 Å². The Kier molecular flexibility index (Phi) is 7.02. The molecule has 0 aliphatic rings. The molecule has 0 saturated carbocycles. The molecule has 0 spiro atoms. The van der Waals surface area contributed by atoms with Crippen molar-refractivity contribution < 1.29 is 19.2 Å². The van der Waals surface area contributed by atoms with Crippen LogP contribution in [0.2, 0.25) is 0 Å². The zero-order valence-electron chi connectivity index (χ0n) is 8.16. The Balaban J connectivity index is 4.43. The van der Waals surface area contributed by atoms with Crippen LogP contribution in [0.25, 0.3) is 0 Å². The summed E-state index contributed by atoms with van der Waals surface area (Å²) in [4.78, 5) is 26.3. The second kappa shape index (κ2) is 7.83. The molecule has 0 rings (SSSR count). The summed E-state index contributed by atoms with van der Waals surface area (Å²) in [7, 11) is 0. The third-order valence-electron chi connectivity index (χ3n) is 1.14. The van der Waals surface area contributed by atoms with Crippen LogP contribution in [-0.4, -0.2) is 30.1 Å². The number of hydrogen-bond acceptors (Lipinski definition) is 5. The van der Waals surface area contributed by atoms with Crippen LogP contribution in [0.5, 0.6) is 0 Å². The predicted octanol–water partition coefficient (Wildman–Crippen LogP) is 0.711. The van der Waals surface area contributed by atoms with Crippen molar-refractivity contribution in [3.05, 3.63) is 0 Å². The van der Waals surface area contributed by atoms with Crippen molar-refractivity contribution in [3.8, 4) is 12.3 Å². The fourth-order valence-electron chi connectivity index (χ4n) is 0.635. The molecule has 5 nitrogen and oxygen atoms in total. The average Bonchev–Trinajstić information content (AvgIpc) is 2.16. The van der Waals surface area contributed by atoms with E-state index >= 15 is 0 Å². The van der Waals surface area contributed by atoms with Crippen molar-refractivity contribution in [2.45, 2.75) is 13.3 Å². The van der Waals surface area contributed by atoms with Crippen molar-refractivity contribution in [1.29, 1.82) is 0 Å². The third-order valence-corrected chi connectivity index (χ3v) is 1.27. The Morgan fingerprint density at radius 2 is 2.20 bits per heavy atom. The van der Waals surface area contributed by atoms with Crippen LogP contribution in [0.4, 0.5) is 0 Å². The summed E-state index contributed by atoms with van der Waals surface area (Å²) in [6.45, 7) is 1.70. The fourth-order valence-corrected chi connectivity index (χ4v) is 0.762. The van der Waals surface area contributed by atoms with E-state index in [-0.39, 0.29) is 25.3 Å². The number of hydrogen-bond donors (Lipinski definition) is 0. The van der Waals surface area contributed by atoms with Gasteiger partial charge in [0.1, 0.15) is 0 Å². The van der Waals surface area contributed by atoms with E-state index in [1.807, 2.05) is 0 Å². The number of oxime groups is 1. The Morgan fingerprint density at radius 1 is 1.53 bits per heavy atom. The van der Waals surface area contributed by atoms with Gasteiger partial charge >= 0.3 is 5.97 Å². The van der Waals surface area contributed by atoms with Gasteiger partial charge in [0.2, 0.25) is 5.24 Å². The molecule has 0 saturated heterocycles. The molecule has 0 fully saturated rings. The molecule has 0 unspecified atom stereocenters. The minimum atomic E-state index is -0.747. The van der Waals surface area contributed by atoms with Crippen molar-refractivity contribution in [2.75, 3.05) is 13.2 Å². The molecular weight excluding hydrogens is 222 g/mol. The average molecular weight is 232 g/mol. The summed E-state index contributed by atoms with van der Waals surface area (Å²) < 4.78 is 4.62. The molecule has 0 radical (unpaired) electrons. The van der Waals surface area contributed by atoms with Crippen molar-refractivity contribution in [3.63, 3.8) is 0 Å². The third kappa shape index (κ3) is 6.52. The lowest BCUT2D eigenvalue weighted by Crippen LogP contribution is -2.20. The highest BCUT2D eigenvalue weighted by molar-refractivity contribution is 6.66. The van der Waals surface area contributed by atoms with Gasteiger partial charge in [-0.3, -0.25) is 4.79 Å². The summed E-state index contributed by atoms with van der Waals surface area (Å²) in [5.41, 5.74) is -0.202. The number of nitrogens with zero attached hydrogens (tertiary/aromatic N) is 1. The molecular formula is C9H10ClNO4. The van der Waals surface area contributed by atoms with Gasteiger partial charge in [-0.25, -0.2) is 4.79 Å². The van der Waals surface area contributed by atoms with Crippen molar-refractivity contribution in [1.82, 2.24) is 0 Å². The highest BCUT2D eigenvalue weighted by Crippen LogP contribution is 1.97. The van der Waals surface area contributed by atoms with Crippen LogP contribution in [0, 0.1) is 12.3 Å². The summed E-state index contributed by atoms with van der Waals surface area (Å²) in [6, 6.07) is 0. The van der Waals surface area contributed by atoms with Crippen molar-refractivity contribution in [2.24, 2.45) is 5.16 Å². The second-order valence-electron chi connectivity index (χ2n) is 2.27. The standard InChI is InChI=1S/C9H10ClNO4/c1-3-5-15-11-7(6-8(10)12)9(13)14-4-2/h1H,4-6H2,2H3. The molecule has 0 bridgehead atoms. The number of rotatable bonds is 6. The molecule has 0 N–H and O–H groups in total. The van der Waals surface area contributed by atoms with Gasteiger partial charge in [0.25, 0.3) is 0 Å². The number of carbonyl (C=O) groups is 2. The molecule has 0 aromatic carbocycles. The van der Waals surface area contributed by atoms with E-state index in [0.717, 1.165) is 0 Å². The molecule has 0 aromatic heterocycles. The molecule has 0 aliphatic carbocycles. The van der Waals surface area contributed by atoms with E-state index in [2.05, 4.69) is 20.7 Å². The van der Waals surface area contributed by atoms with Gasteiger partial charge in [-0.2, -0.15) is 0 Å².